The highest BCUT2D eigenvalue weighted by Gasteiger charge is 2.29. The molecule has 0 spiro atoms. The number of aromatic nitrogens is 3. The van der Waals surface area contributed by atoms with E-state index in [2.05, 4.69) is 25.8 Å². The third-order valence-corrected chi connectivity index (χ3v) is 6.13. The number of hydrogen-bond donors (Lipinski definition) is 3. The second-order valence-electron chi connectivity index (χ2n) is 8.22. The molecule has 1 amide bonds. The van der Waals surface area contributed by atoms with Gasteiger partial charge in [0.2, 0.25) is 0 Å². The molecule has 168 valence electrons. The molecule has 5 heterocycles. The van der Waals surface area contributed by atoms with E-state index in [0.717, 1.165) is 47.5 Å². The minimum absolute atomic E-state index is 0.0875. The minimum atomic E-state index is -0.116. The van der Waals surface area contributed by atoms with E-state index in [1.807, 2.05) is 24.3 Å². The highest BCUT2D eigenvalue weighted by atomic mass is 16.5. The van der Waals surface area contributed by atoms with Gasteiger partial charge in [-0.3, -0.25) is 9.78 Å². The first-order chi connectivity index (χ1) is 16.3. The van der Waals surface area contributed by atoms with Crippen molar-refractivity contribution in [3.05, 3.63) is 54.1 Å². The van der Waals surface area contributed by atoms with E-state index in [1.165, 1.54) is 0 Å². The van der Waals surface area contributed by atoms with Crippen LogP contribution in [0.2, 0.25) is 0 Å². The van der Waals surface area contributed by atoms with Crippen LogP contribution in [0.1, 0.15) is 28.9 Å². The first kappa shape index (κ1) is 19.8. The molecule has 1 aromatic carbocycles. The Labute approximate surface area is 189 Å². The zero-order chi connectivity index (χ0) is 22.2. The smallest absolute Gasteiger partial charge is 0.255 e. The second-order valence-corrected chi connectivity index (χ2v) is 8.22. The number of carbonyl (C=O) groups is 1. The quantitative estimate of drug-likeness (QED) is 0.413. The van der Waals surface area contributed by atoms with Crippen molar-refractivity contribution in [3.8, 4) is 17.0 Å². The third kappa shape index (κ3) is 3.60. The van der Waals surface area contributed by atoms with Crippen molar-refractivity contribution in [3.63, 3.8) is 0 Å². The summed E-state index contributed by atoms with van der Waals surface area (Å²) in [7, 11) is 0. The zero-order valence-corrected chi connectivity index (χ0v) is 17.9. The average molecular weight is 445 g/mol. The van der Waals surface area contributed by atoms with Crippen LogP contribution in [0.4, 0.5) is 11.4 Å². The predicted molar refractivity (Wildman–Crippen MR) is 122 cm³/mol. The molecule has 3 aromatic heterocycles. The number of anilines is 2. The molecule has 2 aliphatic rings. The van der Waals surface area contributed by atoms with Gasteiger partial charge < -0.3 is 29.6 Å². The zero-order valence-electron chi connectivity index (χ0n) is 17.9. The monoisotopic (exact) mass is 445 g/mol. The molecular weight excluding hydrogens is 422 g/mol. The Morgan fingerprint density at radius 2 is 2.21 bits per heavy atom. The molecule has 3 N–H and O–H groups in total. The van der Waals surface area contributed by atoms with Crippen LogP contribution in [0.25, 0.3) is 22.2 Å². The predicted octanol–water partition coefficient (Wildman–Crippen LogP) is 3.81. The number of hydrogen-bond acceptors (Lipinski definition) is 7. The van der Waals surface area contributed by atoms with Crippen LogP contribution in [-0.2, 0) is 11.2 Å². The van der Waals surface area contributed by atoms with E-state index in [1.54, 1.807) is 18.6 Å². The Morgan fingerprint density at radius 1 is 1.24 bits per heavy atom. The van der Waals surface area contributed by atoms with E-state index in [-0.39, 0.29) is 12.0 Å². The normalized spacial score (nSPS) is 17.7. The van der Waals surface area contributed by atoms with Crippen molar-refractivity contribution in [1.29, 1.82) is 0 Å². The molecule has 1 atom stereocenters. The summed E-state index contributed by atoms with van der Waals surface area (Å²) in [6.45, 7) is 1.82. The molecule has 0 unspecified atom stereocenters. The fourth-order valence-corrected chi connectivity index (χ4v) is 4.50. The van der Waals surface area contributed by atoms with Gasteiger partial charge in [-0.1, -0.05) is 11.2 Å². The molecule has 0 radical (unpaired) electrons. The summed E-state index contributed by atoms with van der Waals surface area (Å²) < 4.78 is 17.1. The van der Waals surface area contributed by atoms with Crippen molar-refractivity contribution in [2.24, 2.45) is 0 Å². The molecule has 0 saturated carbocycles. The summed E-state index contributed by atoms with van der Waals surface area (Å²) in [5.74, 6) is 0.521. The van der Waals surface area contributed by atoms with Crippen LogP contribution >= 0.6 is 0 Å². The molecule has 0 aliphatic carbocycles. The lowest BCUT2D eigenvalue weighted by Crippen LogP contribution is -2.31. The lowest BCUT2D eigenvalue weighted by atomic mass is 10.0. The average Bonchev–Trinajstić information content (AvgIpc) is 3.59. The summed E-state index contributed by atoms with van der Waals surface area (Å²) in [5.41, 5.74) is 5.23. The number of nitrogens with one attached hydrogen (secondary N) is 3. The maximum absolute atomic E-state index is 12.9. The van der Waals surface area contributed by atoms with Crippen LogP contribution in [-0.4, -0.2) is 46.9 Å². The van der Waals surface area contributed by atoms with Crippen molar-refractivity contribution in [2.45, 2.75) is 25.4 Å². The largest absolute Gasteiger partial charge is 0.489 e. The number of aromatic amines is 1. The molecule has 9 heteroatoms. The number of ether oxygens (including phenoxy) is 2. The van der Waals surface area contributed by atoms with Gasteiger partial charge in [-0.15, -0.1) is 0 Å². The number of H-pyrrole nitrogens is 1. The van der Waals surface area contributed by atoms with Crippen LogP contribution < -0.4 is 15.4 Å². The molecule has 6 rings (SSSR count). The number of pyridine rings is 1. The summed E-state index contributed by atoms with van der Waals surface area (Å²) in [6, 6.07) is 7.57. The Bertz CT molecular complexity index is 1320. The minimum Gasteiger partial charge on any atom is -0.489 e. The van der Waals surface area contributed by atoms with Crippen molar-refractivity contribution in [2.75, 3.05) is 25.1 Å². The highest BCUT2D eigenvalue weighted by Crippen LogP contribution is 2.41. The van der Waals surface area contributed by atoms with Gasteiger partial charge in [0, 0.05) is 37.0 Å². The maximum atomic E-state index is 12.9. The Kier molecular flexibility index (Phi) is 4.95. The molecule has 33 heavy (non-hydrogen) atoms. The van der Waals surface area contributed by atoms with E-state index >= 15 is 0 Å². The van der Waals surface area contributed by atoms with Gasteiger partial charge >= 0.3 is 0 Å². The van der Waals surface area contributed by atoms with Gasteiger partial charge in [-0.2, -0.15) is 0 Å². The van der Waals surface area contributed by atoms with Crippen LogP contribution in [0.5, 0.6) is 5.75 Å². The van der Waals surface area contributed by atoms with Gasteiger partial charge in [-0.25, -0.2) is 0 Å². The maximum Gasteiger partial charge on any atom is 0.255 e. The van der Waals surface area contributed by atoms with Crippen LogP contribution in [0.3, 0.4) is 0 Å². The van der Waals surface area contributed by atoms with Crippen LogP contribution in [0.15, 0.2) is 47.4 Å². The summed E-state index contributed by atoms with van der Waals surface area (Å²) in [5, 5.41) is 11.2. The topological polar surface area (TPSA) is 114 Å². The van der Waals surface area contributed by atoms with Crippen LogP contribution in [0, 0.1) is 0 Å². The number of amides is 1. The molecule has 1 saturated heterocycles. The summed E-state index contributed by atoms with van der Waals surface area (Å²) in [6.07, 6.45) is 7.93. The Morgan fingerprint density at radius 3 is 3.12 bits per heavy atom. The van der Waals surface area contributed by atoms with Gasteiger partial charge in [0.15, 0.2) is 5.58 Å². The molecule has 4 aromatic rings. The van der Waals surface area contributed by atoms with E-state index in [9.17, 15) is 4.79 Å². The molecule has 9 nitrogen and oxygen atoms in total. The first-order valence-corrected chi connectivity index (χ1v) is 11.1. The number of carbonyl (C=O) groups excluding carboxylic acids is 1. The van der Waals surface area contributed by atoms with E-state index in [4.69, 9.17) is 14.0 Å². The summed E-state index contributed by atoms with van der Waals surface area (Å²) >= 11 is 0. The molecule has 0 bridgehead atoms. The second kappa shape index (κ2) is 8.25. The fourth-order valence-electron chi connectivity index (χ4n) is 4.50. The van der Waals surface area contributed by atoms with Gasteiger partial charge in [-0.05, 0) is 31.0 Å². The molecule has 2 aliphatic heterocycles. The van der Waals surface area contributed by atoms with E-state index < -0.39 is 0 Å². The summed E-state index contributed by atoms with van der Waals surface area (Å²) in [4.78, 5) is 20.6. The van der Waals surface area contributed by atoms with Gasteiger partial charge in [0.05, 0.1) is 46.5 Å². The van der Waals surface area contributed by atoms with Gasteiger partial charge in [0.1, 0.15) is 12.4 Å². The number of fused-ring (bicyclic) bond motifs is 2. The first-order valence-electron chi connectivity index (χ1n) is 11.1. The molecular formula is C24H23N5O4. The highest BCUT2D eigenvalue weighted by molar-refractivity contribution is 6.07. The fraction of sp³-hybridized carbons (Fsp3) is 0.292. The number of nitrogens with zero attached hydrogens (tertiary/aromatic N) is 2. The standard InChI is InChI=1S/C24H23N5O4/c30-24-21-18(7-9-26-24)29-22(23(21)28-17-4-1-5-19-16(17)11-27-33-19)15-6-8-25-12-20(15)32-13-14-3-2-10-31-14/h1,4-6,8,11-12,14,28-29H,2-3,7,9-10,13H2,(H,26,30)/t14-/m1/s1. The SMILES string of the molecule is O=C1NCCc2[nH]c(-c3ccncc3OC[C@H]3CCCO3)c(Nc3cccc4oncc34)c21. The number of rotatable bonds is 6. The van der Waals surface area contributed by atoms with Crippen molar-refractivity contribution < 1.29 is 18.8 Å². The third-order valence-electron chi connectivity index (χ3n) is 6.13. The van der Waals surface area contributed by atoms with Crippen molar-refractivity contribution in [1.82, 2.24) is 20.4 Å². The van der Waals surface area contributed by atoms with E-state index in [0.29, 0.717) is 42.2 Å². The van der Waals surface area contributed by atoms with Gasteiger partial charge in [0.25, 0.3) is 5.91 Å². The molecule has 1 fully saturated rings. The Balaban J connectivity index is 1.44. The Hall–Kier alpha value is -3.85. The lowest BCUT2D eigenvalue weighted by Gasteiger charge is -2.16. The lowest BCUT2D eigenvalue weighted by molar-refractivity contribution is 0.0680. The van der Waals surface area contributed by atoms with Crippen molar-refractivity contribution >= 4 is 28.3 Å². The number of benzene rings is 1.